The molecule has 8 heteroatoms. The van der Waals surface area contributed by atoms with E-state index >= 15 is 0 Å². The van der Waals surface area contributed by atoms with E-state index in [-0.39, 0.29) is 47.5 Å². The van der Waals surface area contributed by atoms with Crippen LogP contribution < -0.4 is 20.0 Å². The topological polar surface area (TPSA) is 69.2 Å². The number of benzene rings is 1. The van der Waals surface area contributed by atoms with Crippen molar-refractivity contribution in [3.05, 3.63) is 25.6 Å². The van der Waals surface area contributed by atoms with Crippen molar-refractivity contribution in [1.82, 2.24) is 0 Å². The fourth-order valence-corrected chi connectivity index (χ4v) is 3.50. The molecule has 72 valence electrons. The van der Waals surface area contributed by atoms with Crippen LogP contribution in [0.15, 0.2) is 25.6 Å². The maximum absolute atomic E-state index is 10.7. The van der Waals surface area contributed by atoms with E-state index in [1.807, 2.05) is 0 Å². The van der Waals surface area contributed by atoms with Crippen molar-refractivity contribution in [2.75, 3.05) is 0 Å². The summed E-state index contributed by atoms with van der Waals surface area (Å²) in [5, 5.41) is -0.248. The Kier molecular flexibility index (Phi) is 7.23. The molecule has 0 aliphatic carbocycles. The maximum atomic E-state index is 10.7. The van der Waals surface area contributed by atoms with Gasteiger partial charge >= 0.3 is 37.7 Å². The normalized spacial score (nSPS) is 11.0. The third kappa shape index (κ3) is 4.24. The van der Waals surface area contributed by atoms with Gasteiger partial charge in [0, 0.05) is 8.95 Å². The first-order valence-electron chi connectivity index (χ1n) is 2.99. The third-order valence-electron chi connectivity index (χ3n) is 1.28. The average molecular weight is 433 g/mol. The van der Waals surface area contributed by atoms with Crippen molar-refractivity contribution in [2.45, 2.75) is 0 Å². The number of rotatable bonds is 1. The smallest absolute Gasteiger partial charge is 0.683 e. The summed E-state index contributed by atoms with van der Waals surface area (Å²) >= 11 is 9.28. The van der Waals surface area contributed by atoms with Crippen LogP contribution in [0.1, 0.15) is 0 Å². The Balaban J connectivity index is 0.00000169. The summed E-state index contributed by atoms with van der Waals surface area (Å²) in [6.07, 6.45) is 0. The maximum Gasteiger partial charge on any atom is 2.00 e. The van der Waals surface area contributed by atoms with E-state index in [2.05, 4.69) is 47.8 Å². The van der Waals surface area contributed by atoms with Crippen LogP contribution in [0.2, 0.25) is 0 Å². The van der Waals surface area contributed by atoms with Crippen LogP contribution in [-0.4, -0.2) is 37.7 Å². The molecule has 0 saturated heterocycles. The molecule has 1 rings (SSSR count). The Labute approximate surface area is 137 Å². The molecule has 14 heavy (non-hydrogen) atoms. The second kappa shape index (κ2) is 6.24. The molecule has 0 radical (unpaired) electrons. The molecule has 0 N–H and O–H groups in total. The second-order valence-electron chi connectivity index (χ2n) is 2.22. The zero-order valence-electron chi connectivity index (χ0n) is 6.67. The van der Waals surface area contributed by atoms with Gasteiger partial charge in [-0.1, -0.05) is 0 Å². The first-order valence-corrected chi connectivity index (χ1v) is 6.91. The van der Waals surface area contributed by atoms with Gasteiger partial charge in [0.2, 0.25) is 0 Å². The van der Waals surface area contributed by atoms with E-state index in [1.165, 1.54) is 12.1 Å². The molecule has 0 saturated carbocycles. The predicted molar refractivity (Wildman–Crippen MR) is 61.9 cm³/mol. The Morgan fingerprint density at radius 1 is 0.857 bits per heavy atom. The van der Waals surface area contributed by atoms with Gasteiger partial charge in [-0.15, -0.1) is 7.94 Å². The summed E-state index contributed by atoms with van der Waals surface area (Å²) < 4.78 is 1.46. The number of halogens is 3. The van der Waals surface area contributed by atoms with Gasteiger partial charge in [-0.05, 0) is 59.9 Å². The first kappa shape index (κ1) is 16.2. The van der Waals surface area contributed by atoms with Crippen LogP contribution in [-0.2, 0) is 0 Å². The zero-order valence-corrected chi connectivity index (χ0v) is 14.5. The van der Waals surface area contributed by atoms with E-state index in [9.17, 15) is 14.7 Å². The molecule has 0 aliphatic rings. The SMILES string of the molecule is [Ca+2].[O-][P+]([O-])([O-])c1cc(Br)c(Br)cc1Br. The van der Waals surface area contributed by atoms with Crippen LogP contribution in [0.5, 0.6) is 0 Å². The van der Waals surface area contributed by atoms with E-state index in [0.717, 1.165) is 0 Å². The molecule has 0 fully saturated rings. The van der Waals surface area contributed by atoms with Crippen molar-refractivity contribution in [3.63, 3.8) is 0 Å². The number of hydrogen-bond acceptors (Lipinski definition) is 3. The van der Waals surface area contributed by atoms with Crippen molar-refractivity contribution >= 4 is 98.8 Å². The second-order valence-corrected chi connectivity index (χ2v) is 6.25. The summed E-state index contributed by atoms with van der Waals surface area (Å²) in [5.41, 5.74) is 0. The molecule has 0 heterocycles. The minimum Gasteiger partial charge on any atom is -0.683 e. The fourth-order valence-electron chi connectivity index (χ4n) is 0.722. The van der Waals surface area contributed by atoms with Crippen LogP contribution in [0.4, 0.5) is 0 Å². The van der Waals surface area contributed by atoms with Crippen molar-refractivity contribution in [2.24, 2.45) is 0 Å². The Morgan fingerprint density at radius 3 is 1.71 bits per heavy atom. The monoisotopic (exact) mass is 430 g/mol. The molecule has 0 unspecified atom stereocenters. The number of hydrogen-bond donors (Lipinski definition) is 0. The Morgan fingerprint density at radius 2 is 1.29 bits per heavy atom. The Bertz CT molecular complexity index is 342. The molecule has 1 aromatic rings. The van der Waals surface area contributed by atoms with Crippen molar-refractivity contribution in [3.8, 4) is 0 Å². The van der Waals surface area contributed by atoms with Gasteiger partial charge in [0.15, 0.2) is 0 Å². The first-order chi connectivity index (χ1) is 5.82. The van der Waals surface area contributed by atoms with Crippen LogP contribution in [0.25, 0.3) is 0 Å². The fraction of sp³-hybridized carbons (Fsp3) is 0. The van der Waals surface area contributed by atoms with Gasteiger partial charge < -0.3 is 14.7 Å². The van der Waals surface area contributed by atoms with Gasteiger partial charge in [0.25, 0.3) is 0 Å². The molecule has 0 atom stereocenters. The quantitative estimate of drug-likeness (QED) is 0.358. The molecular formula is C6H2Br3CaO3P. The van der Waals surface area contributed by atoms with E-state index in [0.29, 0.717) is 8.95 Å². The van der Waals surface area contributed by atoms with Crippen molar-refractivity contribution in [1.29, 1.82) is 0 Å². The molecule has 0 amide bonds. The standard InChI is InChI=1S/C6H4Br3O3P.Ca/c7-3-1-5(9)6(2-4(3)8)13(10,11)12;/h1-2H,(H2,10,11,12);/q;+2/p-2. The van der Waals surface area contributed by atoms with Crippen LogP contribution in [0, 0.1) is 0 Å². The van der Waals surface area contributed by atoms with Gasteiger partial charge in [0.05, 0.1) is 9.78 Å². The molecule has 3 nitrogen and oxygen atoms in total. The summed E-state index contributed by atoms with van der Waals surface area (Å²) in [6, 6.07) is 2.76. The molecule has 0 aliphatic heterocycles. The van der Waals surface area contributed by atoms with E-state index < -0.39 is 7.94 Å². The van der Waals surface area contributed by atoms with Gasteiger partial charge in [-0.2, -0.15) is 0 Å². The Hall–Kier alpha value is 2.23. The van der Waals surface area contributed by atoms with E-state index in [1.54, 1.807) is 0 Å². The van der Waals surface area contributed by atoms with Gasteiger partial charge in [-0.3, -0.25) is 0 Å². The van der Waals surface area contributed by atoms with Crippen LogP contribution >= 0.6 is 55.7 Å². The van der Waals surface area contributed by atoms with Crippen molar-refractivity contribution < 1.29 is 14.7 Å². The largest absolute Gasteiger partial charge is 2.00 e. The van der Waals surface area contributed by atoms with E-state index in [4.69, 9.17) is 0 Å². The molecule has 0 spiro atoms. The summed E-state index contributed by atoms with van der Waals surface area (Å²) in [4.78, 5) is 32.2. The molecule has 0 bridgehead atoms. The summed E-state index contributed by atoms with van der Waals surface area (Å²) in [7, 11) is -4.70. The molecule has 1 aromatic carbocycles. The minimum atomic E-state index is -4.70. The third-order valence-corrected chi connectivity index (χ3v) is 5.05. The minimum absolute atomic E-state index is 0. The van der Waals surface area contributed by atoms with Gasteiger partial charge in [-0.25, -0.2) is 0 Å². The summed E-state index contributed by atoms with van der Waals surface area (Å²) in [6.45, 7) is 0. The van der Waals surface area contributed by atoms with Crippen LogP contribution in [0.3, 0.4) is 0 Å². The zero-order chi connectivity index (χ0) is 10.2. The molecule has 0 aromatic heterocycles. The summed E-state index contributed by atoms with van der Waals surface area (Å²) in [5.74, 6) is 0. The van der Waals surface area contributed by atoms with Gasteiger partial charge in [0.1, 0.15) is 0 Å². The predicted octanol–water partition coefficient (Wildman–Crippen LogP) is 0.0621. The molecular weight excluding hydrogens is 431 g/mol. The average Bonchev–Trinajstić information content (AvgIpc) is 1.94.